The fourth-order valence-corrected chi connectivity index (χ4v) is 3.70. The van der Waals surface area contributed by atoms with Crippen molar-refractivity contribution in [1.29, 1.82) is 0 Å². The SMILES string of the molecule is CNc1ncccc1C(=O)N1CCC2(O)CCCCC2C1. The molecule has 0 radical (unpaired) electrons. The molecule has 2 fully saturated rings. The zero-order valence-corrected chi connectivity index (χ0v) is 12.5. The molecule has 5 nitrogen and oxygen atoms in total. The second-order valence-corrected chi connectivity index (χ2v) is 6.20. The molecule has 3 rings (SSSR count). The van der Waals surface area contributed by atoms with Gasteiger partial charge in [0.1, 0.15) is 5.82 Å². The third-order valence-corrected chi connectivity index (χ3v) is 4.99. The van der Waals surface area contributed by atoms with Gasteiger partial charge in [0.2, 0.25) is 0 Å². The number of likely N-dealkylation sites (tertiary alicyclic amines) is 1. The lowest BCUT2D eigenvalue weighted by Gasteiger charge is -2.47. The zero-order chi connectivity index (χ0) is 14.9. The highest BCUT2D eigenvalue weighted by molar-refractivity contribution is 5.98. The number of fused-ring (bicyclic) bond motifs is 1. The first-order valence-corrected chi connectivity index (χ1v) is 7.78. The van der Waals surface area contributed by atoms with Gasteiger partial charge < -0.3 is 15.3 Å². The van der Waals surface area contributed by atoms with Crippen LogP contribution in [0.4, 0.5) is 5.82 Å². The number of hydrogen-bond donors (Lipinski definition) is 2. The van der Waals surface area contributed by atoms with Crippen LogP contribution in [0, 0.1) is 5.92 Å². The number of piperidine rings is 1. The number of aromatic nitrogens is 1. The van der Waals surface area contributed by atoms with E-state index in [2.05, 4.69) is 10.3 Å². The number of amides is 1. The van der Waals surface area contributed by atoms with Crippen LogP contribution < -0.4 is 5.32 Å². The predicted molar refractivity (Wildman–Crippen MR) is 81.2 cm³/mol. The van der Waals surface area contributed by atoms with E-state index in [1.165, 1.54) is 0 Å². The van der Waals surface area contributed by atoms with Crippen molar-refractivity contribution in [3.8, 4) is 0 Å². The molecule has 1 aromatic heterocycles. The van der Waals surface area contributed by atoms with Gasteiger partial charge in [-0.3, -0.25) is 4.79 Å². The smallest absolute Gasteiger partial charge is 0.257 e. The van der Waals surface area contributed by atoms with Crippen LogP contribution in [0.25, 0.3) is 0 Å². The summed E-state index contributed by atoms with van der Waals surface area (Å²) in [5.41, 5.74) is 0.0664. The predicted octanol–water partition coefficient (Wildman–Crippen LogP) is 1.89. The van der Waals surface area contributed by atoms with Gasteiger partial charge in [0.05, 0.1) is 11.2 Å². The lowest BCUT2D eigenvalue weighted by molar-refractivity contribution is -0.0886. The van der Waals surface area contributed by atoms with Gasteiger partial charge >= 0.3 is 0 Å². The van der Waals surface area contributed by atoms with E-state index in [0.717, 1.165) is 25.7 Å². The summed E-state index contributed by atoms with van der Waals surface area (Å²) in [4.78, 5) is 18.8. The van der Waals surface area contributed by atoms with Gasteiger partial charge in [-0.2, -0.15) is 0 Å². The van der Waals surface area contributed by atoms with Gasteiger partial charge in [-0.05, 0) is 31.4 Å². The average Bonchev–Trinajstić information content (AvgIpc) is 2.53. The van der Waals surface area contributed by atoms with Gasteiger partial charge in [-0.15, -0.1) is 0 Å². The number of rotatable bonds is 2. The Kier molecular flexibility index (Phi) is 3.85. The molecule has 0 aromatic carbocycles. The van der Waals surface area contributed by atoms with Crippen molar-refractivity contribution < 1.29 is 9.90 Å². The van der Waals surface area contributed by atoms with E-state index in [1.807, 2.05) is 11.0 Å². The third-order valence-electron chi connectivity index (χ3n) is 4.99. The lowest BCUT2D eigenvalue weighted by Crippen LogP contribution is -2.54. The van der Waals surface area contributed by atoms with E-state index in [0.29, 0.717) is 30.9 Å². The van der Waals surface area contributed by atoms with E-state index in [9.17, 15) is 9.90 Å². The molecule has 1 amide bonds. The molecule has 1 aliphatic carbocycles. The Labute approximate surface area is 125 Å². The maximum absolute atomic E-state index is 12.7. The summed E-state index contributed by atoms with van der Waals surface area (Å²) in [5.74, 6) is 0.853. The molecule has 1 saturated carbocycles. The number of nitrogens with zero attached hydrogens (tertiary/aromatic N) is 2. The van der Waals surface area contributed by atoms with Crippen molar-refractivity contribution in [3.63, 3.8) is 0 Å². The molecule has 2 unspecified atom stereocenters. The van der Waals surface area contributed by atoms with Gasteiger partial charge in [-0.25, -0.2) is 4.98 Å². The number of carbonyl (C=O) groups excluding carboxylic acids is 1. The monoisotopic (exact) mass is 289 g/mol. The highest BCUT2D eigenvalue weighted by Gasteiger charge is 2.43. The molecule has 1 aromatic rings. The molecule has 2 atom stereocenters. The van der Waals surface area contributed by atoms with Crippen LogP contribution in [-0.2, 0) is 0 Å². The van der Waals surface area contributed by atoms with Gasteiger partial charge in [0, 0.05) is 32.3 Å². The van der Waals surface area contributed by atoms with Crippen LogP contribution >= 0.6 is 0 Å². The second-order valence-electron chi connectivity index (χ2n) is 6.20. The van der Waals surface area contributed by atoms with Crippen LogP contribution in [0.2, 0.25) is 0 Å². The van der Waals surface area contributed by atoms with Crippen molar-refractivity contribution in [1.82, 2.24) is 9.88 Å². The first-order chi connectivity index (χ1) is 10.1. The Balaban J connectivity index is 1.77. The van der Waals surface area contributed by atoms with Crippen molar-refractivity contribution in [2.75, 3.05) is 25.5 Å². The van der Waals surface area contributed by atoms with Crippen LogP contribution in [0.15, 0.2) is 18.3 Å². The first-order valence-electron chi connectivity index (χ1n) is 7.78. The highest BCUT2D eigenvalue weighted by atomic mass is 16.3. The fourth-order valence-electron chi connectivity index (χ4n) is 3.70. The van der Waals surface area contributed by atoms with Crippen molar-refractivity contribution in [3.05, 3.63) is 23.9 Å². The molecule has 0 spiro atoms. The number of nitrogens with one attached hydrogen (secondary N) is 1. The van der Waals surface area contributed by atoms with Crippen molar-refractivity contribution in [2.24, 2.45) is 5.92 Å². The number of carbonyl (C=O) groups is 1. The molecule has 1 saturated heterocycles. The standard InChI is InChI=1S/C16H23N3O2/c1-17-14-13(6-4-9-18-14)15(20)19-10-8-16(21)7-3-2-5-12(16)11-19/h4,6,9,12,21H,2-3,5,7-8,10-11H2,1H3,(H,17,18). The number of aliphatic hydroxyl groups is 1. The Bertz CT molecular complexity index is 534. The topological polar surface area (TPSA) is 65.5 Å². The molecule has 2 aliphatic rings. The number of hydrogen-bond acceptors (Lipinski definition) is 4. The summed E-state index contributed by atoms with van der Waals surface area (Å²) in [7, 11) is 1.77. The number of pyridine rings is 1. The van der Waals surface area contributed by atoms with Crippen LogP contribution in [0.3, 0.4) is 0 Å². The Hall–Kier alpha value is -1.62. The van der Waals surface area contributed by atoms with Crippen molar-refractivity contribution >= 4 is 11.7 Å². The fraction of sp³-hybridized carbons (Fsp3) is 0.625. The maximum atomic E-state index is 12.7. The van der Waals surface area contributed by atoms with Crippen LogP contribution in [-0.4, -0.2) is 46.6 Å². The van der Waals surface area contributed by atoms with Crippen LogP contribution in [0.5, 0.6) is 0 Å². The molecule has 5 heteroatoms. The minimum atomic E-state index is -0.546. The van der Waals surface area contributed by atoms with Crippen LogP contribution in [0.1, 0.15) is 42.5 Å². The summed E-state index contributed by atoms with van der Waals surface area (Å²) in [5, 5.41) is 13.7. The summed E-state index contributed by atoms with van der Waals surface area (Å²) in [6.07, 6.45) is 6.54. The van der Waals surface area contributed by atoms with E-state index in [4.69, 9.17) is 0 Å². The summed E-state index contributed by atoms with van der Waals surface area (Å²) in [6, 6.07) is 3.60. The summed E-state index contributed by atoms with van der Waals surface area (Å²) in [6.45, 7) is 1.29. The molecule has 0 bridgehead atoms. The minimum absolute atomic E-state index is 0.0140. The maximum Gasteiger partial charge on any atom is 0.257 e. The Morgan fingerprint density at radius 3 is 3.14 bits per heavy atom. The summed E-state index contributed by atoms with van der Waals surface area (Å²) < 4.78 is 0. The molecule has 2 heterocycles. The van der Waals surface area contributed by atoms with E-state index >= 15 is 0 Å². The van der Waals surface area contributed by atoms with Gasteiger partial charge in [0.15, 0.2) is 0 Å². The van der Waals surface area contributed by atoms with E-state index in [-0.39, 0.29) is 11.8 Å². The largest absolute Gasteiger partial charge is 0.389 e. The van der Waals surface area contributed by atoms with Gasteiger partial charge in [0.25, 0.3) is 5.91 Å². The summed E-state index contributed by atoms with van der Waals surface area (Å²) >= 11 is 0. The van der Waals surface area contributed by atoms with E-state index in [1.54, 1.807) is 19.3 Å². The molecular formula is C16H23N3O2. The molecule has 21 heavy (non-hydrogen) atoms. The normalized spacial score (nSPS) is 28.9. The average molecular weight is 289 g/mol. The quantitative estimate of drug-likeness (QED) is 0.872. The molecular weight excluding hydrogens is 266 g/mol. The first kappa shape index (κ1) is 14.3. The van der Waals surface area contributed by atoms with E-state index < -0.39 is 5.60 Å². The van der Waals surface area contributed by atoms with Gasteiger partial charge in [-0.1, -0.05) is 12.8 Å². The molecule has 1 aliphatic heterocycles. The number of anilines is 1. The molecule has 2 N–H and O–H groups in total. The zero-order valence-electron chi connectivity index (χ0n) is 12.5. The molecule has 114 valence electrons. The highest BCUT2D eigenvalue weighted by Crippen LogP contribution is 2.40. The third kappa shape index (κ3) is 2.62. The second kappa shape index (κ2) is 5.64. The Morgan fingerprint density at radius 2 is 2.33 bits per heavy atom. The minimum Gasteiger partial charge on any atom is -0.389 e. The lowest BCUT2D eigenvalue weighted by atomic mass is 9.71. The Morgan fingerprint density at radius 1 is 1.48 bits per heavy atom. The van der Waals surface area contributed by atoms with Crippen molar-refractivity contribution in [2.45, 2.75) is 37.7 Å².